The lowest BCUT2D eigenvalue weighted by atomic mass is 9.90. The molecule has 1 spiro atoms. The smallest absolute Gasteiger partial charge is 0.319 e. The van der Waals surface area contributed by atoms with E-state index in [1.54, 1.807) is 12.4 Å². The molecule has 0 aliphatic carbocycles. The second-order valence-electron chi connectivity index (χ2n) is 13.1. The Morgan fingerprint density at radius 2 is 1.82 bits per heavy atom. The van der Waals surface area contributed by atoms with Crippen molar-refractivity contribution in [3.05, 3.63) is 48.5 Å². The minimum absolute atomic E-state index is 0.00868. The summed E-state index contributed by atoms with van der Waals surface area (Å²) in [4.78, 5) is 31.2. The van der Waals surface area contributed by atoms with Crippen molar-refractivity contribution in [1.29, 1.82) is 0 Å². The van der Waals surface area contributed by atoms with E-state index in [9.17, 15) is 4.79 Å². The van der Waals surface area contributed by atoms with E-state index in [0.29, 0.717) is 43.0 Å². The van der Waals surface area contributed by atoms with Gasteiger partial charge in [-0.05, 0) is 68.5 Å². The van der Waals surface area contributed by atoms with Crippen LogP contribution in [0.5, 0.6) is 6.01 Å². The molecule has 9 rings (SSSR count). The van der Waals surface area contributed by atoms with Crippen LogP contribution in [0, 0.1) is 5.82 Å². The molecule has 4 aliphatic heterocycles. The van der Waals surface area contributed by atoms with E-state index in [1.165, 1.54) is 0 Å². The zero-order chi connectivity index (χ0) is 30.2. The second kappa shape index (κ2) is 9.96. The fourth-order valence-corrected chi connectivity index (χ4v) is 8.31. The van der Waals surface area contributed by atoms with Crippen molar-refractivity contribution in [2.24, 2.45) is 0 Å². The minimum atomic E-state index is -0.524. The number of amides is 2. The Balaban J connectivity index is 1.20. The number of hydrogen-bond donors (Lipinski definition) is 3. The first kappa shape index (κ1) is 26.8. The van der Waals surface area contributed by atoms with Crippen LogP contribution in [0.2, 0.25) is 0 Å². The van der Waals surface area contributed by atoms with Crippen LogP contribution < -0.4 is 20.3 Å². The first-order valence-electron chi connectivity index (χ1n) is 15.9. The summed E-state index contributed by atoms with van der Waals surface area (Å²) in [5.74, 6) is 0.0516. The van der Waals surface area contributed by atoms with Crippen LogP contribution in [0.1, 0.15) is 38.5 Å². The minimum Gasteiger partial charge on any atom is -0.461 e. The van der Waals surface area contributed by atoms with Crippen LogP contribution in [0.3, 0.4) is 0 Å². The van der Waals surface area contributed by atoms with Gasteiger partial charge in [0.25, 0.3) is 0 Å². The molecule has 1 atom stereocenters. The summed E-state index contributed by atoms with van der Waals surface area (Å²) in [5, 5.41) is 16.5. The molecule has 4 aliphatic rings. The summed E-state index contributed by atoms with van der Waals surface area (Å²) >= 11 is 0. The molecule has 7 heterocycles. The van der Waals surface area contributed by atoms with Crippen molar-refractivity contribution in [1.82, 2.24) is 40.7 Å². The number of ether oxygens (including phenoxy) is 1. The van der Waals surface area contributed by atoms with Crippen molar-refractivity contribution in [2.45, 2.75) is 49.6 Å². The quantitative estimate of drug-likeness (QED) is 0.267. The Hall–Kier alpha value is -4.58. The number of anilines is 1. The number of nitrogens with one attached hydrogen (secondary N) is 3. The normalized spacial score (nSPS) is 22.9. The maximum absolute atomic E-state index is 17.0. The first-order valence-corrected chi connectivity index (χ1v) is 15.9. The Labute approximate surface area is 258 Å². The summed E-state index contributed by atoms with van der Waals surface area (Å²) in [7, 11) is 0. The van der Waals surface area contributed by atoms with Gasteiger partial charge in [-0.2, -0.15) is 15.1 Å². The molecule has 45 heavy (non-hydrogen) atoms. The maximum Gasteiger partial charge on any atom is 0.319 e. The molecule has 4 fully saturated rings. The highest BCUT2D eigenvalue weighted by Crippen LogP contribution is 2.41. The van der Waals surface area contributed by atoms with Crippen molar-refractivity contribution >= 4 is 44.4 Å². The molecule has 0 bridgehead atoms. The maximum atomic E-state index is 17.0. The number of hydrogen-bond acceptors (Lipinski definition) is 8. The number of pyridine rings is 1. The van der Waals surface area contributed by atoms with Crippen LogP contribution in [0.15, 0.2) is 42.7 Å². The second-order valence-corrected chi connectivity index (χ2v) is 13.1. The number of aromatic amines is 1. The van der Waals surface area contributed by atoms with Gasteiger partial charge in [0, 0.05) is 36.8 Å². The van der Waals surface area contributed by atoms with Crippen molar-refractivity contribution in [3.63, 3.8) is 0 Å². The molecule has 2 amide bonds. The highest BCUT2D eigenvalue weighted by Gasteiger charge is 2.45. The van der Waals surface area contributed by atoms with Gasteiger partial charge in [-0.25, -0.2) is 9.18 Å². The monoisotopic (exact) mass is 607 g/mol. The average molecular weight is 608 g/mol. The van der Waals surface area contributed by atoms with Gasteiger partial charge in [0.1, 0.15) is 23.6 Å². The van der Waals surface area contributed by atoms with E-state index in [0.717, 1.165) is 73.3 Å². The Morgan fingerprint density at radius 1 is 0.978 bits per heavy atom. The number of rotatable bonds is 5. The molecule has 230 valence electrons. The lowest BCUT2D eigenvalue weighted by molar-refractivity contribution is 0.108. The van der Waals surface area contributed by atoms with Crippen LogP contribution in [0.4, 0.5) is 15.0 Å². The number of piperidine rings is 1. The van der Waals surface area contributed by atoms with Gasteiger partial charge in [0.05, 0.1) is 28.2 Å². The summed E-state index contributed by atoms with van der Waals surface area (Å²) in [6.07, 6.45) is 9.57. The summed E-state index contributed by atoms with van der Waals surface area (Å²) in [5.41, 5.74) is 1.43. The lowest BCUT2D eigenvalue weighted by Crippen LogP contribution is -2.56. The third-order valence-electron chi connectivity index (χ3n) is 10.5. The van der Waals surface area contributed by atoms with Gasteiger partial charge in [-0.15, -0.1) is 0 Å². The Bertz CT molecular complexity index is 1990. The van der Waals surface area contributed by atoms with Crippen molar-refractivity contribution in [2.75, 3.05) is 44.2 Å². The molecule has 5 aromatic rings. The fraction of sp³-hybridized carbons (Fsp3) is 0.424. The number of benzene rings is 2. The number of aromatic nitrogens is 5. The predicted octanol–water partition coefficient (Wildman–Crippen LogP) is 4.52. The summed E-state index contributed by atoms with van der Waals surface area (Å²) in [6, 6.07) is 9.91. The molecule has 4 saturated heterocycles. The molecule has 2 aromatic carbocycles. The third kappa shape index (κ3) is 4.22. The van der Waals surface area contributed by atoms with Gasteiger partial charge < -0.3 is 20.3 Å². The predicted molar refractivity (Wildman–Crippen MR) is 169 cm³/mol. The lowest BCUT2D eigenvalue weighted by Gasteiger charge is -2.40. The van der Waals surface area contributed by atoms with E-state index in [1.807, 2.05) is 30.3 Å². The van der Waals surface area contributed by atoms with E-state index in [-0.39, 0.29) is 28.8 Å². The largest absolute Gasteiger partial charge is 0.461 e. The zero-order valence-electron chi connectivity index (χ0n) is 24.9. The van der Waals surface area contributed by atoms with Crippen LogP contribution >= 0.6 is 0 Å². The van der Waals surface area contributed by atoms with E-state index in [2.05, 4.69) is 30.6 Å². The SMILES string of the molecule is O=C1NCC2(CCCN(c3nc(OCC45CCCN4CCC5)nc4c(F)c(-c5c6ccccc6cc6[nH]ncc56)ncc34)C2)N1. The van der Waals surface area contributed by atoms with Gasteiger partial charge in [0.15, 0.2) is 5.82 Å². The summed E-state index contributed by atoms with van der Waals surface area (Å²) in [6.45, 7) is 4.42. The number of nitrogens with zero attached hydrogens (tertiary/aromatic N) is 6. The Kier molecular flexibility index (Phi) is 5.93. The van der Waals surface area contributed by atoms with Crippen molar-refractivity contribution < 1.29 is 13.9 Å². The van der Waals surface area contributed by atoms with E-state index >= 15 is 4.39 Å². The van der Waals surface area contributed by atoms with Gasteiger partial charge in [-0.3, -0.25) is 15.0 Å². The van der Waals surface area contributed by atoms with Crippen LogP contribution in [0.25, 0.3) is 43.8 Å². The summed E-state index contributed by atoms with van der Waals surface area (Å²) < 4.78 is 23.4. The molecule has 0 radical (unpaired) electrons. The van der Waals surface area contributed by atoms with Crippen LogP contribution in [-0.2, 0) is 0 Å². The first-order chi connectivity index (χ1) is 22.0. The molecule has 1 unspecified atom stereocenters. The number of H-pyrrole nitrogens is 1. The highest BCUT2D eigenvalue weighted by atomic mass is 19.1. The number of carbonyl (C=O) groups is 1. The third-order valence-corrected chi connectivity index (χ3v) is 10.5. The van der Waals surface area contributed by atoms with E-state index < -0.39 is 11.4 Å². The fourth-order valence-electron chi connectivity index (χ4n) is 8.31. The highest BCUT2D eigenvalue weighted by molar-refractivity contribution is 6.11. The van der Waals surface area contributed by atoms with Gasteiger partial charge >= 0.3 is 12.0 Å². The number of fused-ring (bicyclic) bond motifs is 4. The average Bonchev–Trinajstić information content (AvgIpc) is 3.84. The molecular formula is C33H34FN9O2. The molecule has 3 N–H and O–H groups in total. The Morgan fingerprint density at radius 3 is 2.67 bits per heavy atom. The zero-order valence-corrected chi connectivity index (χ0v) is 24.9. The molecular weight excluding hydrogens is 573 g/mol. The molecule has 11 nitrogen and oxygen atoms in total. The van der Waals surface area contributed by atoms with Gasteiger partial charge in [-0.1, -0.05) is 24.3 Å². The van der Waals surface area contributed by atoms with Crippen molar-refractivity contribution in [3.8, 4) is 17.3 Å². The number of halogens is 1. The topological polar surface area (TPSA) is 124 Å². The molecule has 0 saturated carbocycles. The van der Waals surface area contributed by atoms with Gasteiger partial charge in [0.2, 0.25) is 0 Å². The van der Waals surface area contributed by atoms with Crippen LogP contribution in [-0.4, -0.2) is 86.5 Å². The molecule has 3 aromatic heterocycles. The number of carbonyl (C=O) groups excluding carboxylic acids is 1. The standard InChI is InChI=1S/C33H34FN9O2/c34-26-27-23(15-35-28(26)25-21-7-2-1-6-20(21)14-24-22(25)16-37-41-24)29(42-11-3-8-32(18-42)17-36-30(44)40-32)39-31(38-27)45-19-33-9-4-12-43(33)13-5-10-33/h1-2,6-7,14-16H,3-5,8-13,17-19H2,(H,37,41)(H2,36,40,44). The number of urea groups is 1. The van der Waals surface area contributed by atoms with E-state index in [4.69, 9.17) is 19.7 Å². The molecule has 12 heteroatoms.